The van der Waals surface area contributed by atoms with Gasteiger partial charge in [0.1, 0.15) is 0 Å². The standard InChI is InChI=1S/C25H25ClN4O3S/c26-20-12-7-17(16-21(20)29-24(32)22-6-5-15-34-22)23(31)27-18-8-10-19(11-9-18)28-25(33)30-13-3-1-2-4-14-30/h5-12,15-16H,1-4,13-14H2,(H,27,31)(H,28,33)(H,29,32). The van der Waals surface area contributed by atoms with Gasteiger partial charge in [-0.15, -0.1) is 11.3 Å². The van der Waals surface area contributed by atoms with Crippen molar-refractivity contribution in [1.82, 2.24) is 4.90 Å². The van der Waals surface area contributed by atoms with E-state index < -0.39 is 0 Å². The van der Waals surface area contributed by atoms with Crippen molar-refractivity contribution in [2.75, 3.05) is 29.0 Å². The molecule has 2 aromatic carbocycles. The van der Waals surface area contributed by atoms with Crippen LogP contribution in [-0.4, -0.2) is 35.8 Å². The maximum Gasteiger partial charge on any atom is 0.321 e. The van der Waals surface area contributed by atoms with Crippen molar-refractivity contribution < 1.29 is 14.4 Å². The zero-order valence-corrected chi connectivity index (χ0v) is 20.0. The smallest absolute Gasteiger partial charge is 0.321 e. The topological polar surface area (TPSA) is 90.5 Å². The number of likely N-dealkylation sites (tertiary alicyclic amines) is 1. The summed E-state index contributed by atoms with van der Waals surface area (Å²) in [5.74, 6) is -0.628. The molecule has 3 aromatic rings. The third-order valence-electron chi connectivity index (χ3n) is 5.51. The molecule has 7 nitrogen and oxygen atoms in total. The van der Waals surface area contributed by atoms with Gasteiger partial charge in [-0.1, -0.05) is 30.5 Å². The number of nitrogens with zero attached hydrogens (tertiary/aromatic N) is 1. The predicted molar refractivity (Wildman–Crippen MR) is 137 cm³/mol. The average molecular weight is 497 g/mol. The van der Waals surface area contributed by atoms with Gasteiger partial charge in [0.25, 0.3) is 11.8 Å². The Hall–Kier alpha value is -3.36. The summed E-state index contributed by atoms with van der Waals surface area (Å²) in [5.41, 5.74) is 1.96. The molecule has 4 rings (SSSR count). The summed E-state index contributed by atoms with van der Waals surface area (Å²) < 4.78 is 0. The number of hydrogen-bond acceptors (Lipinski definition) is 4. The molecular formula is C25H25ClN4O3S. The molecule has 3 N–H and O–H groups in total. The van der Waals surface area contributed by atoms with E-state index in [9.17, 15) is 14.4 Å². The fourth-order valence-electron chi connectivity index (χ4n) is 3.67. The highest BCUT2D eigenvalue weighted by molar-refractivity contribution is 7.12. The van der Waals surface area contributed by atoms with Crippen molar-refractivity contribution in [3.05, 3.63) is 75.4 Å². The monoisotopic (exact) mass is 496 g/mol. The summed E-state index contributed by atoms with van der Waals surface area (Å²) in [6.07, 6.45) is 4.38. The van der Waals surface area contributed by atoms with Crippen LogP contribution in [0.5, 0.6) is 0 Å². The van der Waals surface area contributed by atoms with E-state index >= 15 is 0 Å². The Balaban J connectivity index is 1.37. The molecule has 1 aliphatic rings. The Morgan fingerprint density at radius 2 is 1.47 bits per heavy atom. The number of carbonyl (C=O) groups is 3. The third kappa shape index (κ3) is 6.15. The average Bonchev–Trinajstić information content (AvgIpc) is 3.24. The van der Waals surface area contributed by atoms with Crippen molar-refractivity contribution in [2.45, 2.75) is 25.7 Å². The molecule has 1 aromatic heterocycles. The van der Waals surface area contributed by atoms with Crippen molar-refractivity contribution in [1.29, 1.82) is 0 Å². The lowest BCUT2D eigenvalue weighted by molar-refractivity contribution is 0.101. The minimum atomic E-state index is -0.343. The highest BCUT2D eigenvalue weighted by Crippen LogP contribution is 2.25. The molecule has 0 spiro atoms. The first-order valence-corrected chi connectivity index (χ1v) is 12.4. The zero-order chi connectivity index (χ0) is 23.9. The van der Waals surface area contributed by atoms with Gasteiger partial charge in [-0.2, -0.15) is 0 Å². The first-order chi connectivity index (χ1) is 16.5. The van der Waals surface area contributed by atoms with Crippen LogP contribution in [0.15, 0.2) is 60.0 Å². The van der Waals surface area contributed by atoms with Crippen LogP contribution >= 0.6 is 22.9 Å². The van der Waals surface area contributed by atoms with Crippen LogP contribution in [0.25, 0.3) is 0 Å². The molecule has 9 heteroatoms. The summed E-state index contributed by atoms with van der Waals surface area (Å²) in [6.45, 7) is 1.55. The Labute approximate surface area is 207 Å². The van der Waals surface area contributed by atoms with Crippen LogP contribution in [0.2, 0.25) is 5.02 Å². The lowest BCUT2D eigenvalue weighted by Gasteiger charge is -2.20. The van der Waals surface area contributed by atoms with E-state index in [0.29, 0.717) is 32.5 Å². The van der Waals surface area contributed by atoms with E-state index in [1.807, 2.05) is 10.3 Å². The van der Waals surface area contributed by atoms with Gasteiger partial charge in [0.2, 0.25) is 0 Å². The van der Waals surface area contributed by atoms with E-state index in [4.69, 9.17) is 11.6 Å². The van der Waals surface area contributed by atoms with Crippen molar-refractivity contribution in [3.63, 3.8) is 0 Å². The SMILES string of the molecule is O=C(Nc1ccc(NC(=O)N2CCCCCC2)cc1)c1ccc(Cl)c(NC(=O)c2cccs2)c1. The molecule has 176 valence electrons. The summed E-state index contributed by atoms with van der Waals surface area (Å²) in [7, 11) is 0. The number of benzene rings is 2. The number of rotatable bonds is 5. The van der Waals surface area contributed by atoms with Gasteiger partial charge in [-0.25, -0.2) is 4.79 Å². The number of nitrogens with one attached hydrogen (secondary N) is 3. The predicted octanol–water partition coefficient (Wildman–Crippen LogP) is 6.31. The van der Waals surface area contributed by atoms with Gasteiger partial charge in [0.15, 0.2) is 0 Å². The second-order valence-electron chi connectivity index (χ2n) is 7.99. The van der Waals surface area contributed by atoms with Crippen molar-refractivity contribution >= 4 is 57.8 Å². The largest absolute Gasteiger partial charge is 0.325 e. The Kier molecular flexibility index (Phi) is 7.82. The second kappa shape index (κ2) is 11.2. The van der Waals surface area contributed by atoms with Crippen LogP contribution < -0.4 is 16.0 Å². The lowest BCUT2D eigenvalue weighted by atomic mass is 10.1. The molecule has 1 fully saturated rings. The normalized spacial score (nSPS) is 13.6. The van der Waals surface area contributed by atoms with Gasteiger partial charge < -0.3 is 20.9 Å². The lowest BCUT2D eigenvalue weighted by Crippen LogP contribution is -2.35. The van der Waals surface area contributed by atoms with Gasteiger partial charge in [-0.3, -0.25) is 9.59 Å². The molecule has 1 aliphatic heterocycles. The van der Waals surface area contributed by atoms with Gasteiger partial charge >= 0.3 is 6.03 Å². The molecule has 0 unspecified atom stereocenters. The molecule has 2 heterocycles. The summed E-state index contributed by atoms with van der Waals surface area (Å²) >= 11 is 7.53. The summed E-state index contributed by atoms with van der Waals surface area (Å²) in [5, 5.41) is 10.6. The number of urea groups is 1. The molecule has 0 atom stereocenters. The van der Waals surface area contributed by atoms with Gasteiger partial charge in [0, 0.05) is 30.0 Å². The third-order valence-corrected chi connectivity index (χ3v) is 6.71. The van der Waals surface area contributed by atoms with Crippen LogP contribution in [0.4, 0.5) is 21.9 Å². The molecule has 0 aliphatic carbocycles. The van der Waals surface area contributed by atoms with E-state index in [1.165, 1.54) is 11.3 Å². The number of amides is 4. The fourth-order valence-corrected chi connectivity index (χ4v) is 4.45. The fraction of sp³-hybridized carbons (Fsp3) is 0.240. The van der Waals surface area contributed by atoms with E-state index in [-0.39, 0.29) is 17.8 Å². The summed E-state index contributed by atoms with van der Waals surface area (Å²) in [6, 6.07) is 15.1. The van der Waals surface area contributed by atoms with Crippen molar-refractivity contribution in [2.24, 2.45) is 0 Å². The molecule has 0 bridgehead atoms. The molecule has 34 heavy (non-hydrogen) atoms. The highest BCUT2D eigenvalue weighted by atomic mass is 35.5. The molecule has 1 saturated heterocycles. The van der Waals surface area contributed by atoms with Crippen LogP contribution in [-0.2, 0) is 0 Å². The first-order valence-electron chi connectivity index (χ1n) is 11.1. The maximum atomic E-state index is 12.8. The van der Waals surface area contributed by atoms with Crippen LogP contribution in [0.3, 0.4) is 0 Å². The van der Waals surface area contributed by atoms with Crippen LogP contribution in [0.1, 0.15) is 45.7 Å². The molecule has 0 radical (unpaired) electrons. The maximum absolute atomic E-state index is 12.8. The molecule has 4 amide bonds. The van der Waals surface area contributed by atoms with Gasteiger partial charge in [-0.05, 0) is 66.8 Å². The molecular weight excluding hydrogens is 472 g/mol. The quantitative estimate of drug-likeness (QED) is 0.386. The second-order valence-corrected chi connectivity index (χ2v) is 9.34. The van der Waals surface area contributed by atoms with Crippen molar-refractivity contribution in [3.8, 4) is 0 Å². The Morgan fingerprint density at radius 1 is 0.794 bits per heavy atom. The van der Waals surface area contributed by atoms with Gasteiger partial charge in [0.05, 0.1) is 15.6 Å². The number of carbonyl (C=O) groups excluding carboxylic acids is 3. The van der Waals surface area contributed by atoms with E-state index in [2.05, 4.69) is 16.0 Å². The summed E-state index contributed by atoms with van der Waals surface area (Å²) in [4.78, 5) is 40.0. The minimum absolute atomic E-state index is 0.100. The van der Waals surface area contributed by atoms with E-state index in [0.717, 1.165) is 38.8 Å². The highest BCUT2D eigenvalue weighted by Gasteiger charge is 2.16. The number of hydrogen-bond donors (Lipinski definition) is 3. The first kappa shape index (κ1) is 23.8. The zero-order valence-electron chi connectivity index (χ0n) is 18.5. The Morgan fingerprint density at radius 3 is 2.12 bits per heavy atom. The molecule has 0 saturated carbocycles. The number of anilines is 3. The number of halogens is 1. The van der Waals surface area contributed by atoms with Crippen LogP contribution in [0, 0.1) is 0 Å². The minimum Gasteiger partial charge on any atom is -0.325 e. The Bertz CT molecular complexity index is 1160. The number of thiophene rings is 1. The van der Waals surface area contributed by atoms with E-state index in [1.54, 1.807) is 54.6 Å².